The third-order valence-corrected chi connectivity index (χ3v) is 5.53. The molecule has 1 amide bonds. The Labute approximate surface area is 153 Å². The molecule has 1 N–H and O–H groups in total. The van der Waals surface area contributed by atoms with Crippen LogP contribution in [-0.2, 0) is 4.74 Å². The summed E-state index contributed by atoms with van der Waals surface area (Å²) in [4.78, 5) is 21.6. The fourth-order valence-electron chi connectivity index (χ4n) is 4.00. The molecule has 3 heterocycles. The van der Waals surface area contributed by atoms with Crippen LogP contribution in [0, 0.1) is 11.8 Å². The van der Waals surface area contributed by atoms with Crippen molar-refractivity contribution >= 4 is 16.8 Å². The van der Waals surface area contributed by atoms with Crippen LogP contribution in [0.15, 0.2) is 36.5 Å². The van der Waals surface area contributed by atoms with Crippen molar-refractivity contribution in [3.63, 3.8) is 0 Å². The first-order valence-electron chi connectivity index (χ1n) is 9.29. The largest absolute Gasteiger partial charge is 0.396 e. The van der Waals surface area contributed by atoms with Crippen LogP contribution in [0.1, 0.15) is 10.4 Å². The van der Waals surface area contributed by atoms with Crippen molar-refractivity contribution in [2.75, 3.05) is 52.5 Å². The summed E-state index contributed by atoms with van der Waals surface area (Å²) in [5, 5.41) is 10.8. The van der Waals surface area contributed by atoms with Crippen LogP contribution < -0.4 is 0 Å². The Balaban J connectivity index is 1.46. The summed E-state index contributed by atoms with van der Waals surface area (Å²) in [6.45, 7) is 5.71. The van der Waals surface area contributed by atoms with E-state index in [-0.39, 0.29) is 18.4 Å². The van der Waals surface area contributed by atoms with E-state index in [2.05, 4.69) is 9.88 Å². The SMILES string of the molecule is O=C(c1cnc2ccccc2c1)N1C[C@@H](CO)[C@@H](CN2CCOCC2)C1. The fraction of sp³-hybridized carbons (Fsp3) is 0.500. The van der Waals surface area contributed by atoms with Crippen LogP contribution >= 0.6 is 0 Å². The number of amides is 1. The van der Waals surface area contributed by atoms with Gasteiger partial charge in [-0.25, -0.2) is 0 Å². The molecule has 2 atom stereocenters. The first-order chi connectivity index (χ1) is 12.7. The highest BCUT2D eigenvalue weighted by Gasteiger charge is 2.36. The predicted octanol–water partition coefficient (Wildman–Crippen LogP) is 1.25. The van der Waals surface area contributed by atoms with E-state index in [1.54, 1.807) is 6.20 Å². The Kier molecular flexibility index (Phi) is 5.15. The molecular formula is C20H25N3O3. The highest BCUT2D eigenvalue weighted by molar-refractivity contribution is 5.97. The zero-order valence-electron chi connectivity index (χ0n) is 14.9. The maximum atomic E-state index is 13.0. The van der Waals surface area contributed by atoms with Crippen LogP contribution in [-0.4, -0.2) is 78.3 Å². The number of nitrogens with zero attached hydrogens (tertiary/aromatic N) is 3. The van der Waals surface area contributed by atoms with E-state index in [9.17, 15) is 9.90 Å². The number of carbonyl (C=O) groups excluding carboxylic acids is 1. The topological polar surface area (TPSA) is 65.9 Å². The molecule has 6 heteroatoms. The highest BCUT2D eigenvalue weighted by Crippen LogP contribution is 2.26. The molecule has 0 aliphatic carbocycles. The Bertz CT molecular complexity index is 776. The van der Waals surface area contributed by atoms with Gasteiger partial charge in [-0.15, -0.1) is 0 Å². The molecule has 6 nitrogen and oxygen atoms in total. The van der Waals surface area contributed by atoms with E-state index in [4.69, 9.17) is 4.74 Å². The van der Waals surface area contributed by atoms with Gasteiger partial charge >= 0.3 is 0 Å². The summed E-state index contributed by atoms with van der Waals surface area (Å²) in [6, 6.07) is 9.72. The maximum Gasteiger partial charge on any atom is 0.255 e. The number of benzene rings is 1. The summed E-state index contributed by atoms with van der Waals surface area (Å²) >= 11 is 0. The molecule has 26 heavy (non-hydrogen) atoms. The average Bonchev–Trinajstić information content (AvgIpc) is 3.10. The number of carbonyl (C=O) groups is 1. The molecule has 1 aromatic heterocycles. The number of aliphatic hydroxyl groups excluding tert-OH is 1. The summed E-state index contributed by atoms with van der Waals surface area (Å²) in [7, 11) is 0. The van der Waals surface area contributed by atoms with Crippen molar-refractivity contribution in [2.24, 2.45) is 11.8 Å². The molecule has 2 aliphatic heterocycles. The lowest BCUT2D eigenvalue weighted by Gasteiger charge is -2.30. The first-order valence-corrected chi connectivity index (χ1v) is 9.29. The van der Waals surface area contributed by atoms with Gasteiger partial charge in [-0.05, 0) is 18.1 Å². The van der Waals surface area contributed by atoms with Crippen LogP contribution in [0.2, 0.25) is 0 Å². The number of hydrogen-bond donors (Lipinski definition) is 1. The lowest BCUT2D eigenvalue weighted by molar-refractivity contribution is 0.0264. The third kappa shape index (κ3) is 3.58. The molecule has 0 radical (unpaired) electrons. The second kappa shape index (κ2) is 7.70. The summed E-state index contributed by atoms with van der Waals surface area (Å²) < 4.78 is 5.41. The Hall–Kier alpha value is -2.02. The first kappa shape index (κ1) is 17.4. The van der Waals surface area contributed by atoms with E-state index in [1.807, 2.05) is 35.2 Å². The number of fused-ring (bicyclic) bond motifs is 1. The second-order valence-corrected chi connectivity index (χ2v) is 7.24. The molecule has 2 aliphatic rings. The lowest BCUT2D eigenvalue weighted by Crippen LogP contribution is -2.41. The van der Waals surface area contributed by atoms with Gasteiger partial charge in [0.15, 0.2) is 0 Å². The fourth-order valence-corrected chi connectivity index (χ4v) is 4.00. The van der Waals surface area contributed by atoms with Crippen LogP contribution in [0.3, 0.4) is 0 Å². The summed E-state index contributed by atoms with van der Waals surface area (Å²) in [5.41, 5.74) is 1.51. The zero-order valence-corrected chi connectivity index (χ0v) is 14.9. The van der Waals surface area contributed by atoms with Gasteiger partial charge in [-0.3, -0.25) is 14.7 Å². The van der Waals surface area contributed by atoms with Gasteiger partial charge in [-0.1, -0.05) is 18.2 Å². The number of ether oxygens (including phenoxy) is 1. The van der Waals surface area contributed by atoms with Crippen LogP contribution in [0.5, 0.6) is 0 Å². The number of aliphatic hydroxyl groups is 1. The summed E-state index contributed by atoms with van der Waals surface area (Å²) in [6.07, 6.45) is 1.66. The number of likely N-dealkylation sites (tertiary alicyclic amines) is 1. The minimum absolute atomic E-state index is 0.00572. The van der Waals surface area contributed by atoms with Crippen molar-refractivity contribution in [1.29, 1.82) is 0 Å². The minimum Gasteiger partial charge on any atom is -0.396 e. The van der Waals surface area contributed by atoms with Crippen molar-refractivity contribution < 1.29 is 14.6 Å². The molecule has 0 unspecified atom stereocenters. The number of hydrogen-bond acceptors (Lipinski definition) is 5. The number of pyridine rings is 1. The molecule has 0 saturated carbocycles. The summed E-state index contributed by atoms with van der Waals surface area (Å²) in [5.74, 6) is 0.442. The quantitative estimate of drug-likeness (QED) is 0.894. The van der Waals surface area contributed by atoms with E-state index in [1.165, 1.54) is 0 Å². The Morgan fingerprint density at radius 1 is 1.19 bits per heavy atom. The molecule has 1 aromatic carbocycles. The van der Waals surface area contributed by atoms with Gasteiger partial charge in [-0.2, -0.15) is 0 Å². The van der Waals surface area contributed by atoms with E-state index >= 15 is 0 Å². The monoisotopic (exact) mass is 355 g/mol. The van der Waals surface area contributed by atoms with Gasteiger partial charge in [0.05, 0.1) is 24.3 Å². The highest BCUT2D eigenvalue weighted by atomic mass is 16.5. The number of para-hydroxylation sites is 1. The second-order valence-electron chi connectivity index (χ2n) is 7.24. The Morgan fingerprint density at radius 2 is 1.96 bits per heavy atom. The molecule has 2 fully saturated rings. The van der Waals surface area contributed by atoms with Gasteiger partial charge in [0.2, 0.25) is 0 Å². The lowest BCUT2D eigenvalue weighted by atomic mass is 9.96. The van der Waals surface area contributed by atoms with E-state index in [0.717, 1.165) is 43.8 Å². The van der Waals surface area contributed by atoms with Crippen LogP contribution in [0.25, 0.3) is 10.9 Å². The van der Waals surface area contributed by atoms with E-state index in [0.29, 0.717) is 24.6 Å². The molecule has 4 rings (SSSR count). The van der Waals surface area contributed by atoms with Crippen molar-refractivity contribution in [3.8, 4) is 0 Å². The average molecular weight is 355 g/mol. The van der Waals surface area contributed by atoms with Gasteiger partial charge in [0, 0.05) is 56.8 Å². The van der Waals surface area contributed by atoms with Gasteiger partial charge in [0.25, 0.3) is 5.91 Å². The standard InChI is InChI=1S/C20H25N3O3/c24-14-18-13-23(12-17(18)11-22-5-7-26-8-6-22)20(25)16-9-15-3-1-2-4-19(15)21-10-16/h1-4,9-10,17-18,24H,5-8,11-14H2/t17-,18-/m0/s1. The third-order valence-electron chi connectivity index (χ3n) is 5.53. The van der Waals surface area contributed by atoms with Crippen molar-refractivity contribution in [2.45, 2.75) is 0 Å². The molecule has 138 valence electrons. The van der Waals surface area contributed by atoms with Crippen molar-refractivity contribution in [1.82, 2.24) is 14.8 Å². The van der Waals surface area contributed by atoms with Crippen LogP contribution in [0.4, 0.5) is 0 Å². The predicted molar refractivity (Wildman–Crippen MR) is 99.0 cm³/mol. The normalized spacial score (nSPS) is 24.3. The minimum atomic E-state index is 0.00572. The van der Waals surface area contributed by atoms with Gasteiger partial charge < -0.3 is 14.7 Å². The van der Waals surface area contributed by atoms with E-state index < -0.39 is 0 Å². The number of morpholine rings is 1. The number of aromatic nitrogens is 1. The zero-order chi connectivity index (χ0) is 17.9. The molecule has 2 saturated heterocycles. The van der Waals surface area contributed by atoms with Gasteiger partial charge in [0.1, 0.15) is 0 Å². The molecular weight excluding hydrogens is 330 g/mol. The van der Waals surface area contributed by atoms with Crippen molar-refractivity contribution in [3.05, 3.63) is 42.1 Å². The number of rotatable bonds is 4. The smallest absolute Gasteiger partial charge is 0.255 e. The molecule has 0 spiro atoms. The maximum absolute atomic E-state index is 13.0. The molecule has 2 aromatic rings. The Morgan fingerprint density at radius 3 is 2.77 bits per heavy atom. The molecule has 0 bridgehead atoms.